The van der Waals surface area contributed by atoms with Crippen LogP contribution in [0.4, 0.5) is 0 Å². The molecule has 0 amide bonds. The SMILES string of the molecule is C=C/C(C)=C(\C)C/C(C)=C/C. The van der Waals surface area contributed by atoms with Gasteiger partial charge in [-0.3, -0.25) is 0 Å². The maximum atomic E-state index is 3.74. The molecule has 0 heterocycles. The lowest BCUT2D eigenvalue weighted by Gasteiger charge is -2.03. The van der Waals surface area contributed by atoms with Crippen LogP contribution in [0.3, 0.4) is 0 Å². The van der Waals surface area contributed by atoms with Crippen LogP contribution >= 0.6 is 0 Å². The summed E-state index contributed by atoms with van der Waals surface area (Å²) < 4.78 is 0. The van der Waals surface area contributed by atoms with Crippen molar-refractivity contribution in [2.24, 2.45) is 0 Å². The van der Waals surface area contributed by atoms with Crippen molar-refractivity contribution in [3.8, 4) is 0 Å². The van der Waals surface area contributed by atoms with Gasteiger partial charge in [0, 0.05) is 0 Å². The van der Waals surface area contributed by atoms with Crippen LogP contribution in [-0.2, 0) is 0 Å². The molecule has 0 spiro atoms. The Morgan fingerprint density at radius 1 is 1.27 bits per heavy atom. The standard InChI is InChI=1S/C11H18/c1-6-9(3)8-11(5)10(4)7-2/h6-7H,2,8H2,1,3-5H3/b9-6+,11-10+. The van der Waals surface area contributed by atoms with E-state index in [1.807, 2.05) is 6.08 Å². The molecular formula is C11H18. The summed E-state index contributed by atoms with van der Waals surface area (Å²) in [6.45, 7) is 12.2. The van der Waals surface area contributed by atoms with Crippen molar-refractivity contribution >= 4 is 0 Å². The Labute approximate surface area is 70.3 Å². The molecule has 0 aliphatic rings. The summed E-state index contributed by atoms with van der Waals surface area (Å²) in [7, 11) is 0. The molecule has 0 saturated heterocycles. The molecule has 0 N–H and O–H groups in total. The average Bonchev–Trinajstić information content (AvgIpc) is 2.02. The van der Waals surface area contributed by atoms with Crippen molar-refractivity contribution in [2.75, 3.05) is 0 Å². The van der Waals surface area contributed by atoms with Gasteiger partial charge in [-0.2, -0.15) is 0 Å². The van der Waals surface area contributed by atoms with E-state index in [1.165, 1.54) is 16.7 Å². The fourth-order valence-corrected chi connectivity index (χ4v) is 0.834. The van der Waals surface area contributed by atoms with Crippen molar-refractivity contribution in [1.82, 2.24) is 0 Å². The molecule has 11 heavy (non-hydrogen) atoms. The maximum Gasteiger partial charge on any atom is -0.0108 e. The summed E-state index contributed by atoms with van der Waals surface area (Å²) in [5.74, 6) is 0. The number of rotatable bonds is 3. The van der Waals surface area contributed by atoms with Gasteiger partial charge in [-0.25, -0.2) is 0 Å². The van der Waals surface area contributed by atoms with Crippen LogP contribution in [0.5, 0.6) is 0 Å². The first kappa shape index (κ1) is 10.2. The Hall–Kier alpha value is -0.780. The van der Waals surface area contributed by atoms with Gasteiger partial charge >= 0.3 is 0 Å². The Balaban J connectivity index is 4.28. The van der Waals surface area contributed by atoms with Crippen molar-refractivity contribution in [3.05, 3.63) is 35.5 Å². The summed E-state index contributed by atoms with van der Waals surface area (Å²) in [5, 5.41) is 0. The van der Waals surface area contributed by atoms with Gasteiger partial charge in [0.15, 0.2) is 0 Å². The number of allylic oxidation sites excluding steroid dienone is 5. The lowest BCUT2D eigenvalue weighted by atomic mass is 10.0. The molecule has 0 aliphatic heterocycles. The Morgan fingerprint density at radius 3 is 2.18 bits per heavy atom. The molecule has 0 radical (unpaired) electrons. The third kappa shape index (κ3) is 3.82. The quantitative estimate of drug-likeness (QED) is 0.423. The third-order valence-corrected chi connectivity index (χ3v) is 2.02. The fourth-order valence-electron chi connectivity index (χ4n) is 0.834. The Kier molecular flexibility index (Phi) is 4.60. The van der Waals surface area contributed by atoms with Gasteiger partial charge in [0.1, 0.15) is 0 Å². The van der Waals surface area contributed by atoms with Gasteiger partial charge < -0.3 is 0 Å². The number of hydrogen-bond donors (Lipinski definition) is 0. The van der Waals surface area contributed by atoms with E-state index in [2.05, 4.69) is 40.3 Å². The molecule has 0 aliphatic carbocycles. The van der Waals surface area contributed by atoms with E-state index in [9.17, 15) is 0 Å². The van der Waals surface area contributed by atoms with Crippen LogP contribution in [0.25, 0.3) is 0 Å². The van der Waals surface area contributed by atoms with Crippen LogP contribution in [-0.4, -0.2) is 0 Å². The Morgan fingerprint density at radius 2 is 1.82 bits per heavy atom. The van der Waals surface area contributed by atoms with Crippen LogP contribution in [0.1, 0.15) is 34.1 Å². The molecule has 0 bridgehead atoms. The van der Waals surface area contributed by atoms with Crippen molar-refractivity contribution < 1.29 is 0 Å². The van der Waals surface area contributed by atoms with Gasteiger partial charge in [0.25, 0.3) is 0 Å². The monoisotopic (exact) mass is 150 g/mol. The fraction of sp³-hybridized carbons (Fsp3) is 0.455. The van der Waals surface area contributed by atoms with E-state index < -0.39 is 0 Å². The molecule has 0 aromatic rings. The van der Waals surface area contributed by atoms with Crippen LogP contribution in [0, 0.1) is 0 Å². The van der Waals surface area contributed by atoms with E-state index in [0.717, 1.165) is 6.42 Å². The van der Waals surface area contributed by atoms with E-state index >= 15 is 0 Å². The maximum absolute atomic E-state index is 3.74. The van der Waals surface area contributed by atoms with Crippen LogP contribution < -0.4 is 0 Å². The highest BCUT2D eigenvalue weighted by Crippen LogP contribution is 2.14. The van der Waals surface area contributed by atoms with Gasteiger partial charge in [-0.15, -0.1) is 0 Å². The van der Waals surface area contributed by atoms with Gasteiger partial charge in [0.05, 0.1) is 0 Å². The molecule has 0 fully saturated rings. The molecule has 0 nitrogen and oxygen atoms in total. The van der Waals surface area contributed by atoms with Gasteiger partial charge in [-0.05, 0) is 34.1 Å². The minimum Gasteiger partial charge on any atom is -0.0988 e. The second-order valence-corrected chi connectivity index (χ2v) is 2.98. The summed E-state index contributed by atoms with van der Waals surface area (Å²) in [6.07, 6.45) is 5.15. The summed E-state index contributed by atoms with van der Waals surface area (Å²) in [4.78, 5) is 0. The van der Waals surface area contributed by atoms with Crippen LogP contribution in [0.15, 0.2) is 35.5 Å². The van der Waals surface area contributed by atoms with Gasteiger partial charge in [-0.1, -0.05) is 35.5 Å². The van der Waals surface area contributed by atoms with E-state index in [4.69, 9.17) is 0 Å². The molecule has 0 atom stereocenters. The van der Waals surface area contributed by atoms with Crippen LogP contribution in [0.2, 0.25) is 0 Å². The molecule has 0 heteroatoms. The summed E-state index contributed by atoms with van der Waals surface area (Å²) >= 11 is 0. The molecule has 0 rings (SSSR count). The average molecular weight is 150 g/mol. The first-order chi connectivity index (χ1) is 5.11. The molecule has 62 valence electrons. The highest BCUT2D eigenvalue weighted by molar-refractivity contribution is 5.24. The lowest BCUT2D eigenvalue weighted by molar-refractivity contribution is 1.08. The van der Waals surface area contributed by atoms with E-state index in [1.54, 1.807) is 0 Å². The van der Waals surface area contributed by atoms with Crippen molar-refractivity contribution in [1.29, 1.82) is 0 Å². The summed E-state index contributed by atoms with van der Waals surface area (Å²) in [6, 6.07) is 0. The minimum absolute atomic E-state index is 1.08. The van der Waals surface area contributed by atoms with E-state index in [-0.39, 0.29) is 0 Å². The zero-order valence-corrected chi connectivity index (χ0v) is 8.07. The highest BCUT2D eigenvalue weighted by atomic mass is 14.0. The molecular weight excluding hydrogens is 132 g/mol. The zero-order chi connectivity index (χ0) is 8.85. The Bertz CT molecular complexity index is 192. The molecule has 0 saturated carbocycles. The second-order valence-electron chi connectivity index (χ2n) is 2.98. The first-order valence-corrected chi connectivity index (χ1v) is 4.02. The van der Waals surface area contributed by atoms with E-state index in [0.29, 0.717) is 0 Å². The van der Waals surface area contributed by atoms with Gasteiger partial charge in [0.2, 0.25) is 0 Å². The smallest absolute Gasteiger partial charge is 0.0108 e. The lowest BCUT2D eigenvalue weighted by Crippen LogP contribution is -1.83. The predicted octanol–water partition coefficient (Wildman–Crippen LogP) is 3.87. The highest BCUT2D eigenvalue weighted by Gasteiger charge is 1.93. The number of hydrogen-bond acceptors (Lipinski definition) is 0. The first-order valence-electron chi connectivity index (χ1n) is 4.02. The largest absolute Gasteiger partial charge is 0.0988 e. The zero-order valence-electron chi connectivity index (χ0n) is 8.07. The third-order valence-electron chi connectivity index (χ3n) is 2.02. The minimum atomic E-state index is 1.08. The molecule has 0 unspecified atom stereocenters. The predicted molar refractivity (Wildman–Crippen MR) is 52.6 cm³/mol. The normalized spacial score (nSPS) is 14.4. The molecule has 0 aromatic heterocycles. The summed E-state index contributed by atoms with van der Waals surface area (Å²) in [5.41, 5.74) is 4.13. The molecule has 0 aromatic carbocycles. The van der Waals surface area contributed by atoms with Crippen molar-refractivity contribution in [2.45, 2.75) is 34.1 Å². The topological polar surface area (TPSA) is 0 Å². The second kappa shape index (κ2) is 4.95. The van der Waals surface area contributed by atoms with Crippen molar-refractivity contribution in [3.63, 3.8) is 0 Å².